The quantitative estimate of drug-likeness (QED) is 0.435. The predicted molar refractivity (Wildman–Crippen MR) is 73.5 cm³/mol. The van der Waals surface area contributed by atoms with Gasteiger partial charge in [-0.05, 0) is 12.3 Å². The van der Waals surface area contributed by atoms with E-state index in [4.69, 9.17) is 15.9 Å². The maximum absolute atomic E-state index is 11.9. The van der Waals surface area contributed by atoms with Crippen molar-refractivity contribution in [3.8, 4) is 0 Å². The first-order valence-electron chi connectivity index (χ1n) is 6.67. The van der Waals surface area contributed by atoms with Crippen molar-refractivity contribution < 1.29 is 29.4 Å². The summed E-state index contributed by atoms with van der Waals surface area (Å²) in [6, 6.07) is -1.91. The van der Waals surface area contributed by atoms with Gasteiger partial charge in [0, 0.05) is 12.8 Å². The Kier molecular flexibility index (Phi) is 8.22. The van der Waals surface area contributed by atoms with Crippen LogP contribution in [0.1, 0.15) is 39.5 Å². The lowest BCUT2D eigenvalue weighted by molar-refractivity contribution is -0.139. The molecule has 8 heteroatoms. The highest BCUT2D eigenvalue weighted by atomic mass is 16.4. The van der Waals surface area contributed by atoms with Crippen LogP contribution in [0.4, 0.5) is 0 Å². The zero-order chi connectivity index (χ0) is 16.6. The molecule has 0 rings (SSSR count). The molecule has 8 nitrogen and oxygen atoms in total. The van der Waals surface area contributed by atoms with Crippen molar-refractivity contribution in [1.82, 2.24) is 5.32 Å². The third kappa shape index (κ3) is 8.03. The van der Waals surface area contributed by atoms with Crippen LogP contribution in [0.2, 0.25) is 0 Å². The van der Waals surface area contributed by atoms with Crippen LogP contribution in [-0.2, 0) is 19.2 Å². The molecule has 2 atom stereocenters. The number of rotatable bonds is 10. The highest BCUT2D eigenvalue weighted by molar-refractivity contribution is 5.91. The summed E-state index contributed by atoms with van der Waals surface area (Å²) in [6.07, 6.45) is -0.590. The van der Waals surface area contributed by atoms with Crippen molar-refractivity contribution in [2.75, 3.05) is 0 Å². The SMILES string of the molecule is CC(C)[C@H](NC(=O)CC[C@H](N)C(=O)O)C(=O)CCC(=O)O. The molecule has 1 amide bonds. The molecule has 0 spiro atoms. The number of hydrogen-bond donors (Lipinski definition) is 4. The maximum Gasteiger partial charge on any atom is 0.320 e. The Morgan fingerprint density at radius 3 is 2.05 bits per heavy atom. The minimum Gasteiger partial charge on any atom is -0.481 e. The molecule has 0 fully saturated rings. The van der Waals surface area contributed by atoms with Crippen LogP contribution in [0.5, 0.6) is 0 Å². The Balaban J connectivity index is 4.43. The molecule has 0 aromatic carbocycles. The number of aliphatic carboxylic acids is 2. The molecule has 0 aliphatic carbocycles. The van der Waals surface area contributed by atoms with Crippen LogP contribution < -0.4 is 11.1 Å². The van der Waals surface area contributed by atoms with E-state index >= 15 is 0 Å². The van der Waals surface area contributed by atoms with Gasteiger partial charge in [-0.3, -0.25) is 19.2 Å². The van der Waals surface area contributed by atoms with Crippen molar-refractivity contribution in [3.05, 3.63) is 0 Å². The van der Waals surface area contributed by atoms with E-state index in [1.54, 1.807) is 13.8 Å². The molecule has 0 saturated carbocycles. The number of carbonyl (C=O) groups excluding carboxylic acids is 2. The Hall–Kier alpha value is -1.96. The monoisotopic (exact) mass is 302 g/mol. The van der Waals surface area contributed by atoms with Crippen LogP contribution in [0.15, 0.2) is 0 Å². The van der Waals surface area contributed by atoms with E-state index < -0.39 is 29.9 Å². The minimum absolute atomic E-state index is 0.0324. The molecule has 0 saturated heterocycles. The van der Waals surface area contributed by atoms with Gasteiger partial charge in [-0.25, -0.2) is 0 Å². The zero-order valence-electron chi connectivity index (χ0n) is 12.2. The highest BCUT2D eigenvalue weighted by Gasteiger charge is 2.24. The van der Waals surface area contributed by atoms with Gasteiger partial charge in [0.2, 0.25) is 5.91 Å². The molecular weight excluding hydrogens is 280 g/mol. The van der Waals surface area contributed by atoms with Crippen LogP contribution >= 0.6 is 0 Å². The molecule has 21 heavy (non-hydrogen) atoms. The second-order valence-electron chi connectivity index (χ2n) is 5.13. The van der Waals surface area contributed by atoms with Crippen LogP contribution in [0, 0.1) is 5.92 Å². The standard InChI is InChI=1S/C13H22N2O6/c1-7(2)12(9(16)4-6-11(18)19)15-10(17)5-3-8(14)13(20)21/h7-8,12H,3-6,14H2,1-2H3,(H,15,17)(H,18,19)(H,20,21)/t8-,12-/m0/s1. The van der Waals surface area contributed by atoms with Crippen molar-refractivity contribution >= 4 is 23.6 Å². The Morgan fingerprint density at radius 1 is 1.05 bits per heavy atom. The number of nitrogens with two attached hydrogens (primary N) is 1. The van der Waals surface area contributed by atoms with Crippen molar-refractivity contribution in [3.63, 3.8) is 0 Å². The third-order valence-electron chi connectivity index (χ3n) is 2.91. The van der Waals surface area contributed by atoms with E-state index in [9.17, 15) is 19.2 Å². The lowest BCUT2D eigenvalue weighted by Gasteiger charge is -2.21. The molecule has 0 heterocycles. The van der Waals surface area contributed by atoms with Gasteiger partial charge in [0.15, 0.2) is 5.78 Å². The third-order valence-corrected chi connectivity index (χ3v) is 2.91. The normalized spacial score (nSPS) is 13.5. The van der Waals surface area contributed by atoms with Crippen LogP contribution in [0.25, 0.3) is 0 Å². The summed E-state index contributed by atoms with van der Waals surface area (Å²) in [6.45, 7) is 3.46. The summed E-state index contributed by atoms with van der Waals surface area (Å²) in [7, 11) is 0. The number of ketones is 1. The number of Topliss-reactive ketones (excluding diaryl/α,β-unsaturated/α-hetero) is 1. The van der Waals surface area contributed by atoms with Gasteiger partial charge in [0.25, 0.3) is 0 Å². The fraction of sp³-hybridized carbons (Fsp3) is 0.692. The predicted octanol–water partition coefficient (Wildman–Crippen LogP) is -0.247. The van der Waals surface area contributed by atoms with Crippen molar-refractivity contribution in [1.29, 1.82) is 0 Å². The van der Waals surface area contributed by atoms with E-state index in [1.165, 1.54) is 0 Å². The van der Waals surface area contributed by atoms with Gasteiger partial charge in [0.05, 0.1) is 12.5 Å². The van der Waals surface area contributed by atoms with E-state index in [0.717, 1.165) is 0 Å². The topological polar surface area (TPSA) is 147 Å². The largest absolute Gasteiger partial charge is 0.481 e. The van der Waals surface area contributed by atoms with Gasteiger partial charge in [-0.15, -0.1) is 0 Å². The number of carboxylic acids is 2. The average molecular weight is 302 g/mol. The van der Waals surface area contributed by atoms with E-state index in [0.29, 0.717) is 0 Å². The average Bonchev–Trinajstić information content (AvgIpc) is 2.38. The van der Waals surface area contributed by atoms with Gasteiger partial charge in [-0.2, -0.15) is 0 Å². The molecule has 0 radical (unpaired) electrons. The second-order valence-corrected chi connectivity index (χ2v) is 5.13. The molecular formula is C13H22N2O6. The minimum atomic E-state index is -1.19. The first-order valence-corrected chi connectivity index (χ1v) is 6.67. The van der Waals surface area contributed by atoms with Gasteiger partial charge < -0.3 is 21.3 Å². The maximum atomic E-state index is 11.9. The lowest BCUT2D eigenvalue weighted by atomic mass is 9.96. The number of nitrogens with one attached hydrogen (secondary N) is 1. The van der Waals surface area contributed by atoms with Gasteiger partial charge in [-0.1, -0.05) is 13.8 Å². The molecule has 0 aliphatic rings. The fourth-order valence-electron chi connectivity index (χ4n) is 1.66. The number of carbonyl (C=O) groups is 4. The van der Waals surface area contributed by atoms with Crippen molar-refractivity contribution in [2.45, 2.75) is 51.6 Å². The smallest absolute Gasteiger partial charge is 0.320 e. The van der Waals surface area contributed by atoms with Crippen molar-refractivity contribution in [2.24, 2.45) is 11.7 Å². The molecule has 0 aromatic heterocycles. The molecule has 0 aromatic rings. The second kappa shape index (κ2) is 9.06. The van der Waals surface area contributed by atoms with E-state index in [-0.39, 0.29) is 37.4 Å². The first kappa shape index (κ1) is 19.0. The zero-order valence-corrected chi connectivity index (χ0v) is 12.2. The Labute approximate surface area is 122 Å². The van der Waals surface area contributed by atoms with E-state index in [2.05, 4.69) is 5.32 Å². The fourth-order valence-corrected chi connectivity index (χ4v) is 1.66. The summed E-state index contributed by atoms with van der Waals surface area (Å²) >= 11 is 0. The highest BCUT2D eigenvalue weighted by Crippen LogP contribution is 2.08. The molecule has 120 valence electrons. The summed E-state index contributed by atoms with van der Waals surface area (Å²) in [5.74, 6) is -3.30. The summed E-state index contributed by atoms with van der Waals surface area (Å²) < 4.78 is 0. The molecule has 0 aliphatic heterocycles. The van der Waals surface area contributed by atoms with Gasteiger partial charge >= 0.3 is 11.9 Å². The Morgan fingerprint density at radius 2 is 1.62 bits per heavy atom. The van der Waals surface area contributed by atoms with Crippen LogP contribution in [-0.4, -0.2) is 45.9 Å². The summed E-state index contributed by atoms with van der Waals surface area (Å²) in [5, 5.41) is 19.7. The number of carboxylic acid groups (broad SMARTS) is 2. The lowest BCUT2D eigenvalue weighted by Crippen LogP contribution is -2.45. The van der Waals surface area contributed by atoms with Crippen LogP contribution in [0.3, 0.4) is 0 Å². The number of amides is 1. The van der Waals surface area contributed by atoms with E-state index in [1.807, 2.05) is 0 Å². The first-order chi connectivity index (χ1) is 9.65. The Bertz CT molecular complexity index is 407. The molecule has 5 N–H and O–H groups in total. The molecule has 0 bridgehead atoms. The number of hydrogen-bond acceptors (Lipinski definition) is 5. The summed E-state index contributed by atoms with van der Waals surface area (Å²) in [4.78, 5) is 44.6. The summed E-state index contributed by atoms with van der Waals surface area (Å²) in [5.41, 5.74) is 5.28. The van der Waals surface area contributed by atoms with Gasteiger partial charge in [0.1, 0.15) is 6.04 Å². The molecule has 0 unspecified atom stereocenters.